The average Bonchev–Trinajstić information content (AvgIpc) is 1.63. The maximum atomic E-state index is 10.8. The summed E-state index contributed by atoms with van der Waals surface area (Å²) in [5.41, 5.74) is 0. The molecule has 0 N–H and O–H groups in total. The van der Waals surface area contributed by atoms with Crippen LogP contribution in [0, 0.1) is 5.21 Å². The van der Waals surface area contributed by atoms with Gasteiger partial charge in [-0.2, -0.15) is 0 Å². The molecule has 9 heavy (non-hydrogen) atoms. The first-order chi connectivity index (χ1) is 4.06. The first kappa shape index (κ1) is 8.33. The molecule has 3 nitrogen and oxygen atoms in total. The standard InChI is InChI=1S/C6H12N2O/c1-4-7-5-6-8(2,3)9/h4-6H,1-3H3/b6-5-,7-4+. The molecule has 0 heterocycles. The summed E-state index contributed by atoms with van der Waals surface area (Å²) in [7, 11) is 3.06. The molecule has 0 atom stereocenters. The van der Waals surface area contributed by atoms with Gasteiger partial charge in [0.25, 0.3) is 0 Å². The van der Waals surface area contributed by atoms with E-state index in [1.165, 1.54) is 26.5 Å². The highest BCUT2D eigenvalue weighted by molar-refractivity contribution is 5.54. The largest absolute Gasteiger partial charge is 0.628 e. The number of quaternary nitrogens is 1. The Labute approximate surface area is 55.5 Å². The zero-order valence-electron chi connectivity index (χ0n) is 6.03. The Balaban J connectivity index is 3.71. The van der Waals surface area contributed by atoms with E-state index in [1.807, 2.05) is 0 Å². The van der Waals surface area contributed by atoms with Crippen LogP contribution in [0.25, 0.3) is 0 Å². The van der Waals surface area contributed by atoms with Crippen molar-refractivity contribution < 1.29 is 4.65 Å². The summed E-state index contributed by atoms with van der Waals surface area (Å²) in [5.74, 6) is 0. The second kappa shape index (κ2) is 3.37. The number of nitrogens with zero attached hydrogens (tertiary/aromatic N) is 2. The van der Waals surface area contributed by atoms with Gasteiger partial charge in [-0.25, -0.2) is 0 Å². The Morgan fingerprint density at radius 1 is 1.44 bits per heavy atom. The van der Waals surface area contributed by atoms with Gasteiger partial charge in [-0.15, -0.1) is 0 Å². The summed E-state index contributed by atoms with van der Waals surface area (Å²) in [6.45, 7) is 1.80. The molecule has 3 heteroatoms. The van der Waals surface area contributed by atoms with Crippen LogP contribution in [0.1, 0.15) is 6.92 Å². The lowest BCUT2D eigenvalue weighted by Crippen LogP contribution is -2.23. The lowest BCUT2D eigenvalue weighted by atomic mass is 10.7. The maximum absolute atomic E-state index is 10.8. The minimum Gasteiger partial charge on any atom is -0.628 e. The van der Waals surface area contributed by atoms with E-state index in [0.29, 0.717) is 0 Å². The number of hydrogen-bond acceptors (Lipinski definition) is 2. The molecular formula is C6H12N2O. The van der Waals surface area contributed by atoms with Gasteiger partial charge in [0.05, 0.1) is 20.3 Å². The molecule has 0 rings (SSSR count). The van der Waals surface area contributed by atoms with E-state index in [1.54, 1.807) is 13.1 Å². The molecule has 0 aromatic carbocycles. The topological polar surface area (TPSA) is 35.4 Å². The van der Waals surface area contributed by atoms with E-state index >= 15 is 0 Å². The summed E-state index contributed by atoms with van der Waals surface area (Å²) < 4.78 is -0.433. The first-order valence-electron chi connectivity index (χ1n) is 2.76. The highest BCUT2D eigenvalue weighted by atomic mass is 16.5. The normalized spacial score (nSPS) is 13.8. The fraction of sp³-hybridized carbons (Fsp3) is 0.500. The number of hydroxylamine groups is 3. The van der Waals surface area contributed by atoms with Gasteiger partial charge in [-0.3, -0.25) is 4.99 Å². The van der Waals surface area contributed by atoms with Crippen LogP contribution in [0.15, 0.2) is 17.4 Å². The van der Waals surface area contributed by atoms with Crippen molar-refractivity contribution in [3.8, 4) is 0 Å². The van der Waals surface area contributed by atoms with Crippen molar-refractivity contribution in [1.29, 1.82) is 0 Å². The molecule has 0 aliphatic carbocycles. The predicted octanol–water partition coefficient (Wildman–Crippen LogP) is 1.12. The van der Waals surface area contributed by atoms with Crippen molar-refractivity contribution in [2.75, 3.05) is 14.1 Å². The first-order valence-corrected chi connectivity index (χ1v) is 2.76. The summed E-state index contributed by atoms with van der Waals surface area (Å²) in [6.07, 6.45) is 4.58. The minimum absolute atomic E-state index is 0.433. The highest BCUT2D eigenvalue weighted by Crippen LogP contribution is 1.92. The van der Waals surface area contributed by atoms with Gasteiger partial charge in [0.2, 0.25) is 0 Å². The van der Waals surface area contributed by atoms with Crippen molar-refractivity contribution in [3.63, 3.8) is 0 Å². The molecule has 0 bridgehead atoms. The van der Waals surface area contributed by atoms with Crippen LogP contribution in [0.3, 0.4) is 0 Å². The smallest absolute Gasteiger partial charge is 0.114 e. The molecular weight excluding hydrogens is 116 g/mol. The van der Waals surface area contributed by atoms with Crippen LogP contribution in [0.2, 0.25) is 0 Å². The Hall–Kier alpha value is -0.670. The monoisotopic (exact) mass is 128 g/mol. The fourth-order valence-electron chi connectivity index (χ4n) is 0.285. The lowest BCUT2D eigenvalue weighted by Gasteiger charge is -2.27. The van der Waals surface area contributed by atoms with E-state index < -0.39 is 4.65 Å². The van der Waals surface area contributed by atoms with Crippen LogP contribution in [0.5, 0.6) is 0 Å². The van der Waals surface area contributed by atoms with Gasteiger partial charge < -0.3 is 9.85 Å². The summed E-state index contributed by atoms with van der Waals surface area (Å²) in [5, 5.41) is 10.8. The molecule has 0 aromatic heterocycles. The molecule has 0 aliphatic heterocycles. The third-order valence-corrected chi connectivity index (χ3v) is 0.661. The van der Waals surface area contributed by atoms with E-state index in [4.69, 9.17) is 0 Å². The molecule has 0 aliphatic rings. The second-order valence-electron chi connectivity index (χ2n) is 2.14. The van der Waals surface area contributed by atoms with Crippen molar-refractivity contribution in [2.45, 2.75) is 6.92 Å². The molecule has 0 spiro atoms. The molecule has 0 radical (unpaired) electrons. The molecule has 0 aromatic rings. The van der Waals surface area contributed by atoms with Gasteiger partial charge in [0.15, 0.2) is 0 Å². The van der Waals surface area contributed by atoms with Gasteiger partial charge in [-0.1, -0.05) is 0 Å². The van der Waals surface area contributed by atoms with Crippen LogP contribution >= 0.6 is 0 Å². The predicted molar refractivity (Wildman–Crippen MR) is 38.8 cm³/mol. The molecule has 0 saturated heterocycles. The summed E-state index contributed by atoms with van der Waals surface area (Å²) >= 11 is 0. The van der Waals surface area contributed by atoms with Crippen molar-refractivity contribution >= 4 is 6.21 Å². The van der Waals surface area contributed by atoms with Crippen molar-refractivity contribution in [1.82, 2.24) is 0 Å². The van der Waals surface area contributed by atoms with E-state index in [-0.39, 0.29) is 0 Å². The van der Waals surface area contributed by atoms with E-state index in [9.17, 15) is 5.21 Å². The number of hydrogen-bond donors (Lipinski definition) is 0. The van der Waals surface area contributed by atoms with Crippen LogP contribution in [-0.2, 0) is 0 Å². The lowest BCUT2D eigenvalue weighted by molar-refractivity contribution is -0.785. The Morgan fingerprint density at radius 3 is 2.33 bits per heavy atom. The number of aliphatic imine (C=N–C) groups is 1. The van der Waals surface area contributed by atoms with Gasteiger partial charge in [0.1, 0.15) is 6.20 Å². The zero-order valence-corrected chi connectivity index (χ0v) is 6.03. The van der Waals surface area contributed by atoms with E-state index in [2.05, 4.69) is 4.99 Å². The molecule has 0 fully saturated rings. The van der Waals surface area contributed by atoms with Crippen molar-refractivity contribution in [2.24, 2.45) is 4.99 Å². The SMILES string of the molecule is C/C=N/C=C\[N+](C)(C)[O-]. The second-order valence-corrected chi connectivity index (χ2v) is 2.14. The highest BCUT2D eigenvalue weighted by Gasteiger charge is 1.89. The van der Waals surface area contributed by atoms with Gasteiger partial charge >= 0.3 is 0 Å². The quantitative estimate of drug-likeness (QED) is 0.312. The maximum Gasteiger partial charge on any atom is 0.114 e. The average molecular weight is 128 g/mol. The molecule has 52 valence electrons. The van der Waals surface area contributed by atoms with Gasteiger partial charge in [0, 0.05) is 6.21 Å². The third-order valence-electron chi connectivity index (χ3n) is 0.661. The van der Waals surface area contributed by atoms with Crippen molar-refractivity contribution in [3.05, 3.63) is 17.6 Å². The van der Waals surface area contributed by atoms with Crippen LogP contribution in [-0.4, -0.2) is 25.0 Å². The molecule has 0 amide bonds. The Kier molecular flexibility index (Phi) is 3.12. The Morgan fingerprint density at radius 2 is 2.00 bits per heavy atom. The summed E-state index contributed by atoms with van der Waals surface area (Å²) in [6, 6.07) is 0. The molecule has 0 unspecified atom stereocenters. The van der Waals surface area contributed by atoms with Crippen LogP contribution < -0.4 is 0 Å². The third kappa shape index (κ3) is 7.33. The minimum atomic E-state index is -0.433. The van der Waals surface area contributed by atoms with Crippen LogP contribution in [0.4, 0.5) is 0 Å². The Bertz CT molecular complexity index is 122. The molecule has 0 saturated carbocycles. The van der Waals surface area contributed by atoms with E-state index in [0.717, 1.165) is 0 Å². The number of rotatable bonds is 2. The van der Waals surface area contributed by atoms with Gasteiger partial charge in [-0.05, 0) is 6.92 Å². The fourth-order valence-corrected chi connectivity index (χ4v) is 0.285. The zero-order chi connectivity index (χ0) is 7.33. The summed E-state index contributed by atoms with van der Waals surface area (Å²) in [4.78, 5) is 3.74.